The summed E-state index contributed by atoms with van der Waals surface area (Å²) in [5, 5.41) is 4.77. The average molecular weight is 605 g/mol. The molecular formula is C38H64N6. The fraction of sp³-hybridized carbons (Fsp3) is 0.737. The van der Waals surface area contributed by atoms with Crippen LogP contribution in [0.3, 0.4) is 0 Å². The highest BCUT2D eigenvalue weighted by molar-refractivity contribution is 5.97. The average Bonchev–Trinajstić information content (AvgIpc) is 3.41. The molecule has 1 aromatic carbocycles. The van der Waals surface area contributed by atoms with Crippen molar-refractivity contribution in [2.75, 3.05) is 13.1 Å². The molecule has 6 heteroatoms. The van der Waals surface area contributed by atoms with Crippen LogP contribution in [0.1, 0.15) is 158 Å². The van der Waals surface area contributed by atoms with Crippen molar-refractivity contribution in [3.8, 4) is 0 Å². The molecule has 0 N–H and O–H groups in total. The van der Waals surface area contributed by atoms with Crippen LogP contribution >= 0.6 is 0 Å². The van der Waals surface area contributed by atoms with Gasteiger partial charge in [-0.1, -0.05) is 78.1 Å². The molecule has 246 valence electrons. The van der Waals surface area contributed by atoms with Crippen LogP contribution < -0.4 is 22.0 Å². The zero-order valence-corrected chi connectivity index (χ0v) is 30.0. The predicted molar refractivity (Wildman–Crippen MR) is 190 cm³/mol. The quantitative estimate of drug-likeness (QED) is 0.130. The summed E-state index contributed by atoms with van der Waals surface area (Å²) >= 11 is 0. The molecule has 3 rings (SSSR count). The number of fused-ring (bicyclic) bond motifs is 2. The Labute approximate surface area is 267 Å². The molecule has 0 bridgehead atoms. The molecule has 0 saturated heterocycles. The predicted octanol–water partition coefficient (Wildman–Crippen LogP) is 8.77. The summed E-state index contributed by atoms with van der Waals surface area (Å²) in [6.45, 7) is 24.0. The third-order valence-electron chi connectivity index (χ3n) is 8.37. The van der Waals surface area contributed by atoms with Crippen molar-refractivity contribution in [2.24, 2.45) is 20.0 Å². The van der Waals surface area contributed by atoms with Crippen LogP contribution in [0.2, 0.25) is 0 Å². The van der Waals surface area contributed by atoms with Crippen LogP contribution in [0.5, 0.6) is 0 Å². The first kappa shape index (κ1) is 36.0. The fourth-order valence-electron chi connectivity index (χ4n) is 6.27. The summed E-state index contributed by atoms with van der Waals surface area (Å²) in [6.07, 6.45) is 15.3. The van der Waals surface area contributed by atoms with E-state index < -0.39 is 0 Å². The zero-order valence-electron chi connectivity index (χ0n) is 30.0. The van der Waals surface area contributed by atoms with Gasteiger partial charge in [-0.3, -0.25) is 20.0 Å². The van der Waals surface area contributed by atoms with Crippen LogP contribution in [-0.2, 0) is 0 Å². The van der Waals surface area contributed by atoms with Gasteiger partial charge in [-0.2, -0.15) is 0 Å². The number of hydrogen-bond donors (Lipinski definition) is 0. The topological polar surface area (TPSA) is 59.3 Å². The van der Waals surface area contributed by atoms with Gasteiger partial charge in [-0.15, -0.1) is 0 Å². The molecule has 0 amide bonds. The van der Waals surface area contributed by atoms with E-state index in [0.29, 0.717) is 0 Å². The van der Waals surface area contributed by atoms with E-state index in [4.69, 9.17) is 20.0 Å². The minimum Gasteiger partial charge on any atom is -0.308 e. The van der Waals surface area contributed by atoms with Gasteiger partial charge in [0.05, 0.1) is 0 Å². The van der Waals surface area contributed by atoms with E-state index in [1.54, 1.807) is 0 Å². The lowest BCUT2D eigenvalue weighted by atomic mass is 10.1. The number of aromatic nitrogens is 2. The molecule has 0 aliphatic carbocycles. The Morgan fingerprint density at radius 2 is 0.773 bits per heavy atom. The van der Waals surface area contributed by atoms with Gasteiger partial charge in [0.2, 0.25) is 0 Å². The van der Waals surface area contributed by atoms with Gasteiger partial charge in [0.25, 0.3) is 0 Å². The number of rotatable bonds is 18. The Kier molecular flexibility index (Phi) is 14.6. The summed E-state index contributed by atoms with van der Waals surface area (Å²) in [4.78, 5) is 21.0. The Morgan fingerprint density at radius 3 is 1.09 bits per heavy atom. The highest BCUT2D eigenvalue weighted by Crippen LogP contribution is 2.19. The van der Waals surface area contributed by atoms with Gasteiger partial charge in [-0.05, 0) is 80.4 Å². The molecule has 44 heavy (non-hydrogen) atoms. The van der Waals surface area contributed by atoms with Gasteiger partial charge < -0.3 is 9.13 Å². The Balaban J connectivity index is 2.29. The van der Waals surface area contributed by atoms with Gasteiger partial charge in [0.1, 0.15) is 22.0 Å². The monoisotopic (exact) mass is 605 g/mol. The summed E-state index contributed by atoms with van der Waals surface area (Å²) in [7, 11) is 0. The normalized spacial score (nSPS) is 14.5. The van der Waals surface area contributed by atoms with Crippen LogP contribution in [0.4, 0.5) is 0 Å². The lowest BCUT2D eigenvalue weighted by Gasteiger charge is -2.09. The van der Waals surface area contributed by atoms with Crippen molar-refractivity contribution in [3.05, 3.63) is 34.1 Å². The molecule has 0 atom stereocenters. The van der Waals surface area contributed by atoms with E-state index in [-0.39, 0.29) is 24.2 Å². The molecule has 6 nitrogen and oxygen atoms in total. The number of unbranched alkanes of at least 4 members (excludes halogenated alkanes) is 10. The maximum atomic E-state index is 5.30. The van der Waals surface area contributed by atoms with Crippen LogP contribution in [0, 0.1) is 0 Å². The van der Waals surface area contributed by atoms with Gasteiger partial charge in [-0.25, -0.2) is 0 Å². The summed E-state index contributed by atoms with van der Waals surface area (Å²) in [5.41, 5.74) is 4.25. The van der Waals surface area contributed by atoms with Crippen LogP contribution in [0.15, 0.2) is 32.1 Å². The standard InChI is InChI=1S/C38H64N6/c1-11-13-15-17-19-21-23-39-35-31-25-34-32(26-33(31)37(41-27(3)4)43(35)29(7)8)36(40-24-22-20-18-16-14-12-2)44(30(9)10)38(34)42-28(5)6/h25-30H,11-24H2,1-10H3. The van der Waals surface area contributed by atoms with E-state index >= 15 is 0 Å². The minimum atomic E-state index is 0.191. The molecule has 0 fully saturated rings. The highest BCUT2D eigenvalue weighted by atomic mass is 15.1. The van der Waals surface area contributed by atoms with Gasteiger partial charge in [0.15, 0.2) is 0 Å². The van der Waals surface area contributed by atoms with Crippen LogP contribution in [0.25, 0.3) is 21.5 Å². The van der Waals surface area contributed by atoms with Crippen molar-refractivity contribution in [2.45, 2.75) is 170 Å². The Bertz CT molecular complexity index is 1430. The second kappa shape index (κ2) is 17.8. The molecule has 0 aliphatic rings. The lowest BCUT2D eigenvalue weighted by molar-refractivity contribution is 0.543. The third kappa shape index (κ3) is 9.26. The fourth-order valence-corrected chi connectivity index (χ4v) is 6.27. The number of benzene rings is 1. The molecule has 2 heterocycles. The van der Waals surface area contributed by atoms with E-state index in [1.165, 1.54) is 85.8 Å². The second-order valence-corrected chi connectivity index (χ2v) is 13.9. The molecule has 2 aromatic heterocycles. The maximum Gasteiger partial charge on any atom is 0.137 e. The van der Waals surface area contributed by atoms with E-state index in [2.05, 4.69) is 90.5 Å². The molecule has 0 unspecified atom stereocenters. The zero-order chi connectivity index (χ0) is 32.2. The number of hydrogen-bond acceptors (Lipinski definition) is 4. The molecular weight excluding hydrogens is 540 g/mol. The molecule has 3 aromatic rings. The summed E-state index contributed by atoms with van der Waals surface area (Å²) in [6, 6.07) is 5.64. The van der Waals surface area contributed by atoms with Crippen molar-refractivity contribution in [1.29, 1.82) is 0 Å². The minimum absolute atomic E-state index is 0.191. The summed E-state index contributed by atoms with van der Waals surface area (Å²) in [5.74, 6) is 0. The first-order valence-electron chi connectivity index (χ1n) is 18.1. The van der Waals surface area contributed by atoms with Crippen molar-refractivity contribution >= 4 is 21.5 Å². The van der Waals surface area contributed by atoms with E-state index in [0.717, 1.165) is 47.9 Å². The first-order chi connectivity index (χ1) is 21.1. The van der Waals surface area contributed by atoms with E-state index in [1.807, 2.05) is 0 Å². The smallest absolute Gasteiger partial charge is 0.137 e. The third-order valence-corrected chi connectivity index (χ3v) is 8.37. The molecule has 0 radical (unpaired) electrons. The maximum absolute atomic E-state index is 5.30. The second-order valence-electron chi connectivity index (χ2n) is 13.9. The molecule has 0 spiro atoms. The van der Waals surface area contributed by atoms with Crippen LogP contribution in [-0.4, -0.2) is 34.3 Å². The van der Waals surface area contributed by atoms with E-state index in [9.17, 15) is 0 Å². The lowest BCUT2D eigenvalue weighted by Crippen LogP contribution is -2.31. The SMILES string of the molecule is CCCCCCCCN=c1c2cc3c(=NC(C)C)n(C(C)C)c(=NCCCCCCCC)c3cc2c(=NC(C)C)n1C(C)C. The highest BCUT2D eigenvalue weighted by Gasteiger charge is 2.19. The Morgan fingerprint density at radius 1 is 0.455 bits per heavy atom. The first-order valence-corrected chi connectivity index (χ1v) is 18.1. The Hall–Kier alpha value is -2.50. The van der Waals surface area contributed by atoms with Crippen molar-refractivity contribution in [1.82, 2.24) is 9.13 Å². The van der Waals surface area contributed by atoms with Gasteiger partial charge >= 0.3 is 0 Å². The van der Waals surface area contributed by atoms with Crippen molar-refractivity contribution in [3.63, 3.8) is 0 Å². The largest absolute Gasteiger partial charge is 0.308 e. The molecule has 0 aliphatic heterocycles. The molecule has 0 saturated carbocycles. The number of nitrogens with zero attached hydrogens (tertiary/aromatic N) is 6. The van der Waals surface area contributed by atoms with Gasteiger partial charge in [0, 0.05) is 58.8 Å². The summed E-state index contributed by atoms with van der Waals surface area (Å²) < 4.78 is 4.76. The van der Waals surface area contributed by atoms with Crippen molar-refractivity contribution < 1.29 is 0 Å².